The first-order valence-corrected chi connectivity index (χ1v) is 37.2. The predicted octanol–water partition coefficient (Wildman–Crippen LogP) is 28.0. The Morgan fingerprint density at radius 2 is 0.349 bits per heavy atom. The molecule has 0 unspecified atom stereocenters. The van der Waals surface area contributed by atoms with Crippen LogP contribution in [0.1, 0.15) is 44.5 Å². The van der Waals surface area contributed by atoms with E-state index in [-0.39, 0.29) is 0 Å². The number of hydrogen-bond acceptors (Lipinski definition) is 0. The molecule has 20 aromatic carbocycles. The summed E-state index contributed by atoms with van der Waals surface area (Å²) < 4.78 is 0. The molecule has 0 fully saturated rings. The van der Waals surface area contributed by atoms with E-state index in [0.29, 0.717) is 0 Å². The van der Waals surface area contributed by atoms with Crippen LogP contribution in [0.15, 0.2) is 388 Å². The summed E-state index contributed by atoms with van der Waals surface area (Å²) in [6.07, 6.45) is 0. The van der Waals surface area contributed by atoms with Gasteiger partial charge in [-0.15, -0.1) is 0 Å². The minimum absolute atomic E-state index is 0.739. The topological polar surface area (TPSA) is 0 Å². The van der Waals surface area contributed by atoms with Crippen LogP contribution in [0, 0.1) is 0 Å². The van der Waals surface area contributed by atoms with Gasteiger partial charge in [-0.3, -0.25) is 0 Å². The van der Waals surface area contributed by atoms with Crippen LogP contribution in [-0.4, -0.2) is 0 Å². The highest BCUT2D eigenvalue weighted by atomic mass is 14.6. The lowest BCUT2D eigenvalue weighted by atomic mass is 9.52. The van der Waals surface area contributed by atoms with Crippen molar-refractivity contribution in [3.8, 4) is 89.0 Å². The Kier molecular flexibility index (Phi) is 12.5. The zero-order valence-corrected chi connectivity index (χ0v) is 58.0. The molecule has 0 atom stereocenters. The van der Waals surface area contributed by atoms with Crippen LogP contribution in [-0.2, 0) is 10.8 Å². The lowest BCUT2D eigenvalue weighted by Gasteiger charge is -2.49. The van der Waals surface area contributed by atoms with Gasteiger partial charge in [0.1, 0.15) is 0 Å². The summed E-state index contributed by atoms with van der Waals surface area (Å²) in [7, 11) is 0. The molecule has 0 heteroatoms. The van der Waals surface area contributed by atoms with E-state index in [2.05, 4.69) is 388 Å². The second-order valence-electron chi connectivity index (χ2n) is 29.6. The molecule has 20 aromatic rings. The molecule has 0 radical (unpaired) electrons. The first-order valence-electron chi connectivity index (χ1n) is 37.2. The van der Waals surface area contributed by atoms with Gasteiger partial charge in [0.15, 0.2) is 0 Å². The van der Waals surface area contributed by atoms with Crippen molar-refractivity contribution in [2.24, 2.45) is 0 Å². The van der Waals surface area contributed by atoms with E-state index in [0.717, 1.165) is 0 Å². The third-order valence-corrected chi connectivity index (χ3v) is 24.4. The fraction of sp³-hybridized carbons (Fsp3) is 0.0189. The molecule has 106 heavy (non-hydrogen) atoms. The molecule has 23 rings (SSSR count). The van der Waals surface area contributed by atoms with Gasteiger partial charge in [0.25, 0.3) is 0 Å². The maximum atomic E-state index is 2.63. The largest absolute Gasteiger partial charge is 0.0720 e. The maximum Gasteiger partial charge on any atom is 0.0720 e. The van der Waals surface area contributed by atoms with Gasteiger partial charge in [0, 0.05) is 0 Å². The van der Waals surface area contributed by atoms with E-state index >= 15 is 0 Å². The third-order valence-electron chi connectivity index (χ3n) is 24.4. The van der Waals surface area contributed by atoms with Crippen LogP contribution in [0.25, 0.3) is 175 Å². The maximum absolute atomic E-state index is 2.63. The van der Waals surface area contributed by atoms with Gasteiger partial charge in [-0.1, -0.05) is 340 Å². The van der Waals surface area contributed by atoms with E-state index < -0.39 is 10.8 Å². The van der Waals surface area contributed by atoms with Crippen molar-refractivity contribution in [3.63, 3.8) is 0 Å². The van der Waals surface area contributed by atoms with Crippen molar-refractivity contribution < 1.29 is 0 Å². The fourth-order valence-corrected chi connectivity index (χ4v) is 20.0. The quantitative estimate of drug-likeness (QED) is 0.146. The van der Waals surface area contributed by atoms with E-state index in [1.54, 1.807) is 0 Å². The van der Waals surface area contributed by atoms with E-state index in [4.69, 9.17) is 0 Å². The fourth-order valence-electron chi connectivity index (χ4n) is 20.0. The normalized spacial score (nSPS) is 13.4. The first kappa shape index (κ1) is 59.1. The molecule has 0 saturated carbocycles. The molecule has 2 spiro atoms. The van der Waals surface area contributed by atoms with Crippen LogP contribution in [0.5, 0.6) is 0 Å². The molecule has 3 aliphatic carbocycles. The van der Waals surface area contributed by atoms with Crippen molar-refractivity contribution in [2.45, 2.75) is 10.8 Å². The Balaban J connectivity index is 0.803. The molecule has 0 saturated heterocycles. The zero-order valence-electron chi connectivity index (χ0n) is 58.0. The monoisotopic (exact) mass is 1340 g/mol. The summed E-state index contributed by atoms with van der Waals surface area (Å²) in [5.74, 6) is 0. The molecule has 488 valence electrons. The molecule has 3 aliphatic rings. The van der Waals surface area contributed by atoms with Gasteiger partial charge in [-0.25, -0.2) is 0 Å². The van der Waals surface area contributed by atoms with Crippen LogP contribution in [0.2, 0.25) is 0 Å². The molecule has 0 aliphatic heterocycles. The lowest BCUT2D eigenvalue weighted by molar-refractivity contribution is 0.633. The predicted molar refractivity (Wildman–Crippen MR) is 447 cm³/mol. The van der Waals surface area contributed by atoms with Crippen LogP contribution >= 0.6 is 0 Å². The van der Waals surface area contributed by atoms with Crippen molar-refractivity contribution in [1.29, 1.82) is 0 Å². The van der Waals surface area contributed by atoms with E-state index in [1.807, 2.05) is 0 Å². The molecular formula is C106H64. The lowest BCUT2D eigenvalue weighted by Crippen LogP contribution is -2.43. The minimum Gasteiger partial charge on any atom is -0.0619 e. The van der Waals surface area contributed by atoms with Crippen LogP contribution in [0.4, 0.5) is 0 Å². The van der Waals surface area contributed by atoms with Gasteiger partial charge in [0.2, 0.25) is 0 Å². The number of hydrogen-bond donors (Lipinski definition) is 0. The Labute approximate surface area is 614 Å². The van der Waals surface area contributed by atoms with Crippen molar-refractivity contribution in [1.82, 2.24) is 0 Å². The summed E-state index contributed by atoms with van der Waals surface area (Å²) >= 11 is 0. The van der Waals surface area contributed by atoms with Gasteiger partial charge < -0.3 is 0 Å². The minimum atomic E-state index is -0.739. The highest BCUT2D eigenvalue weighted by Crippen LogP contribution is 2.68. The summed E-state index contributed by atoms with van der Waals surface area (Å²) in [6.45, 7) is 0. The zero-order chi connectivity index (χ0) is 69.3. The van der Waals surface area contributed by atoms with Gasteiger partial charge in [0.05, 0.1) is 10.8 Å². The number of fused-ring (bicyclic) bond motifs is 24. The van der Waals surface area contributed by atoms with Crippen molar-refractivity contribution in [2.75, 3.05) is 0 Å². The second kappa shape index (κ2) is 22.5. The number of rotatable bonds is 6. The number of benzene rings is 20. The van der Waals surface area contributed by atoms with E-state index in [1.165, 1.54) is 220 Å². The summed E-state index contributed by atoms with van der Waals surface area (Å²) in [5.41, 5.74) is 28.6. The highest BCUT2D eigenvalue weighted by molar-refractivity contribution is 6.24. The second-order valence-corrected chi connectivity index (χ2v) is 29.6. The van der Waals surface area contributed by atoms with E-state index in [9.17, 15) is 0 Å². The van der Waals surface area contributed by atoms with Gasteiger partial charge in [-0.2, -0.15) is 0 Å². The van der Waals surface area contributed by atoms with Crippen molar-refractivity contribution in [3.05, 3.63) is 433 Å². The summed E-state index contributed by atoms with van der Waals surface area (Å²) in [6, 6.07) is 149. The molecule has 0 nitrogen and oxygen atoms in total. The average molecular weight is 1340 g/mol. The van der Waals surface area contributed by atoms with Gasteiger partial charge >= 0.3 is 0 Å². The average Bonchev–Trinajstić information content (AvgIpc) is 1.44. The molecule has 0 N–H and O–H groups in total. The molecular weight excluding hydrogens is 1270 g/mol. The molecule has 0 bridgehead atoms. The summed E-state index contributed by atoms with van der Waals surface area (Å²) in [4.78, 5) is 0. The van der Waals surface area contributed by atoms with Crippen LogP contribution in [0.3, 0.4) is 0 Å². The third kappa shape index (κ3) is 8.24. The van der Waals surface area contributed by atoms with Crippen molar-refractivity contribution >= 4 is 86.2 Å². The Hall–Kier alpha value is -13.5. The Bertz CT molecular complexity index is 6700. The Morgan fingerprint density at radius 1 is 0.123 bits per heavy atom. The smallest absolute Gasteiger partial charge is 0.0619 e. The summed E-state index contributed by atoms with van der Waals surface area (Å²) in [5, 5.41) is 19.7. The highest BCUT2D eigenvalue weighted by Gasteiger charge is 2.59. The standard InChI is InChI=1S/C106H64/c1-5-25-69-57-77(45-41-65(69)21-1)101-85-33-9-11-35-87(85)103(79-47-43-67-23-3-7-27-71(67)59-79)91-61-73(49-53-89(91)101)75-51-55-97-99(63-75)105(93-37-17-13-29-81(93)82-30-14-18-38-94(82)105)98-56-52-76(64-100(98)106(97)95-39-19-15-31-83(95)84-32-16-20-40-96(84)106)74-50-54-90-92(62-74)104(80-48-44-68-24-4-8-28-72(68)60-80)88-36-12-10-34-86(88)102(90)78-46-42-66-22-2-6-26-70(66)58-78/h1-64H. The van der Waals surface area contributed by atoms with Crippen LogP contribution < -0.4 is 0 Å². The molecule has 0 amide bonds. The van der Waals surface area contributed by atoms with Gasteiger partial charge in [-0.05, 0) is 268 Å². The molecule has 0 heterocycles. The Morgan fingerprint density at radius 3 is 0.660 bits per heavy atom. The molecule has 0 aromatic heterocycles. The first-order chi connectivity index (χ1) is 52.5. The SMILES string of the molecule is c1ccc2c(c1)-c1ccccc1C21c2ccc(-c3ccc4c(-c5ccc6ccccc6c5)c5ccccc5c(-c5ccc6ccccc6c5)c4c3)cc2C2(c3ccccc3-c3ccccc32)c2ccc(-c3ccc4c(-c5ccc6ccccc6c5)c5ccccc5c(-c5ccc6ccccc6c5)c4c3)cc21.